The van der Waals surface area contributed by atoms with E-state index < -0.39 is 0 Å². The molecule has 0 saturated heterocycles. The first-order chi connectivity index (χ1) is 15.7. The summed E-state index contributed by atoms with van der Waals surface area (Å²) in [6, 6.07) is 7.30. The monoisotopic (exact) mass is 466 g/mol. The van der Waals surface area contributed by atoms with Crippen LogP contribution >= 0.6 is 11.6 Å². The first-order valence-electron chi connectivity index (χ1n) is 10.3. The van der Waals surface area contributed by atoms with Crippen molar-refractivity contribution in [3.8, 4) is 11.4 Å². The maximum absolute atomic E-state index is 12.5. The lowest BCUT2D eigenvalue weighted by atomic mass is 9.96. The summed E-state index contributed by atoms with van der Waals surface area (Å²) in [7, 11) is 1.83. The number of aromatic nitrogens is 7. The lowest BCUT2D eigenvalue weighted by Gasteiger charge is -2.10. The van der Waals surface area contributed by atoms with Crippen LogP contribution in [0, 0.1) is 0 Å². The number of aryl methyl sites for hydroxylation is 2. The van der Waals surface area contributed by atoms with Crippen molar-refractivity contribution in [2.45, 2.75) is 39.0 Å². The molecule has 4 rings (SSSR count). The van der Waals surface area contributed by atoms with Crippen LogP contribution in [-0.4, -0.2) is 40.7 Å². The highest BCUT2D eigenvalue weighted by Gasteiger charge is 2.23. The van der Waals surface area contributed by atoms with Crippen molar-refractivity contribution in [1.29, 1.82) is 0 Å². The van der Waals surface area contributed by atoms with Crippen LogP contribution in [0.3, 0.4) is 0 Å². The number of halogens is 1. The van der Waals surface area contributed by atoms with Gasteiger partial charge in [-0.05, 0) is 18.1 Å². The summed E-state index contributed by atoms with van der Waals surface area (Å²) in [5, 5.41) is 11.7. The highest BCUT2D eigenvalue weighted by molar-refractivity contribution is 6.31. The number of carbonyl (C=O) groups is 1. The molecule has 0 amide bonds. The van der Waals surface area contributed by atoms with Gasteiger partial charge in [-0.1, -0.05) is 49.7 Å². The Hall–Kier alpha value is -3.66. The first kappa shape index (κ1) is 22.5. The summed E-state index contributed by atoms with van der Waals surface area (Å²) < 4.78 is 6.80. The molecule has 3 aromatic heterocycles. The number of anilines is 2. The molecule has 0 aliphatic rings. The number of hydrogen-bond donors (Lipinski definition) is 1. The molecule has 0 aliphatic heterocycles. The van der Waals surface area contributed by atoms with Gasteiger partial charge in [0.1, 0.15) is 6.33 Å². The van der Waals surface area contributed by atoms with Gasteiger partial charge in [0.2, 0.25) is 11.7 Å². The summed E-state index contributed by atoms with van der Waals surface area (Å²) in [6.07, 6.45) is 3.88. The van der Waals surface area contributed by atoms with Gasteiger partial charge in [-0.15, -0.1) is 0 Å². The van der Waals surface area contributed by atoms with E-state index in [0.717, 1.165) is 11.1 Å². The van der Waals surface area contributed by atoms with E-state index in [4.69, 9.17) is 16.1 Å². The van der Waals surface area contributed by atoms with E-state index in [1.807, 2.05) is 52.2 Å². The third-order valence-electron chi connectivity index (χ3n) is 4.79. The fourth-order valence-electron chi connectivity index (χ4n) is 2.98. The molecule has 0 spiro atoms. The molecular weight excluding hydrogens is 444 g/mol. The van der Waals surface area contributed by atoms with Gasteiger partial charge in [0.25, 0.3) is 5.89 Å². The van der Waals surface area contributed by atoms with E-state index in [1.165, 1.54) is 6.33 Å². The van der Waals surface area contributed by atoms with Crippen LogP contribution in [0.2, 0.25) is 5.02 Å². The maximum atomic E-state index is 12.5. The summed E-state index contributed by atoms with van der Waals surface area (Å²) >= 11 is 6.48. The third kappa shape index (κ3) is 5.40. The van der Waals surface area contributed by atoms with Crippen molar-refractivity contribution >= 4 is 29.2 Å². The fourth-order valence-corrected chi connectivity index (χ4v) is 3.25. The van der Waals surface area contributed by atoms with Gasteiger partial charge >= 0.3 is 0 Å². The molecule has 0 unspecified atom stereocenters. The molecule has 0 radical (unpaired) electrons. The first-order valence-corrected chi connectivity index (χ1v) is 10.7. The predicted octanol–water partition coefficient (Wildman–Crippen LogP) is 4.17. The van der Waals surface area contributed by atoms with Crippen LogP contribution in [0.15, 0.2) is 41.3 Å². The van der Waals surface area contributed by atoms with Gasteiger partial charge in [0, 0.05) is 41.7 Å². The molecule has 170 valence electrons. The summed E-state index contributed by atoms with van der Waals surface area (Å²) in [6.45, 7) is 5.87. The molecule has 0 fully saturated rings. The number of nitrogens with one attached hydrogen (secondary N) is 1. The molecule has 0 atom stereocenters. The lowest BCUT2D eigenvalue weighted by molar-refractivity contribution is 0.0940. The number of hydrogen-bond acceptors (Lipinski definition) is 9. The van der Waals surface area contributed by atoms with Gasteiger partial charge in [-0.2, -0.15) is 15.1 Å². The van der Waals surface area contributed by atoms with Crippen LogP contribution in [0.25, 0.3) is 11.4 Å². The second kappa shape index (κ2) is 9.07. The Morgan fingerprint density at radius 2 is 2.00 bits per heavy atom. The molecule has 0 bridgehead atoms. The Labute approximate surface area is 195 Å². The average molecular weight is 467 g/mol. The SMILES string of the molecule is Cn1ccc(Nc2ncnc(-c3ccc(CCC(=O)c4nc(C(C)(C)C)no4)c(Cl)c3)n2)n1. The highest BCUT2D eigenvalue weighted by Crippen LogP contribution is 2.26. The Kier molecular flexibility index (Phi) is 6.19. The molecule has 0 saturated carbocycles. The zero-order valence-electron chi connectivity index (χ0n) is 18.7. The van der Waals surface area contributed by atoms with Crippen molar-refractivity contribution < 1.29 is 9.32 Å². The van der Waals surface area contributed by atoms with Crippen LogP contribution in [0.5, 0.6) is 0 Å². The smallest absolute Gasteiger partial charge is 0.294 e. The van der Waals surface area contributed by atoms with Crippen molar-refractivity contribution in [3.05, 3.63) is 59.1 Å². The molecule has 0 aliphatic carbocycles. The minimum Gasteiger partial charge on any atom is -0.331 e. The minimum absolute atomic E-state index is 0.0192. The van der Waals surface area contributed by atoms with Crippen LogP contribution in [-0.2, 0) is 18.9 Å². The Bertz CT molecular complexity index is 1290. The quantitative estimate of drug-likeness (QED) is 0.399. The third-order valence-corrected chi connectivity index (χ3v) is 5.15. The molecule has 4 aromatic rings. The number of carbonyl (C=O) groups excluding carboxylic acids is 1. The number of benzene rings is 1. The Morgan fingerprint density at radius 3 is 2.67 bits per heavy atom. The largest absolute Gasteiger partial charge is 0.331 e. The zero-order valence-corrected chi connectivity index (χ0v) is 19.5. The lowest BCUT2D eigenvalue weighted by Crippen LogP contribution is -2.13. The summed E-state index contributed by atoms with van der Waals surface area (Å²) in [5.41, 5.74) is 1.27. The molecule has 1 N–H and O–H groups in total. The van der Waals surface area contributed by atoms with Gasteiger partial charge in [0.15, 0.2) is 17.5 Å². The molecule has 3 heterocycles. The second-order valence-electron chi connectivity index (χ2n) is 8.53. The molecule has 11 heteroatoms. The normalized spacial score (nSPS) is 11.5. The number of rotatable bonds is 7. The summed E-state index contributed by atoms with van der Waals surface area (Å²) in [5.74, 6) is 1.77. The van der Waals surface area contributed by atoms with Crippen LogP contribution in [0.1, 0.15) is 49.3 Å². The second-order valence-corrected chi connectivity index (χ2v) is 8.94. The van der Waals surface area contributed by atoms with E-state index in [-0.39, 0.29) is 23.5 Å². The zero-order chi connectivity index (χ0) is 23.6. The standard InChI is InChI=1S/C22H23ClN8O2/c1-22(2,3)20-28-19(33-30-20)16(32)8-7-13-5-6-14(11-15(13)23)18-24-12-25-21(27-18)26-17-9-10-31(4)29-17/h5-6,9-12H,7-8H2,1-4H3,(H,24,25,26,27,29). The van der Waals surface area contributed by atoms with E-state index in [2.05, 4.69) is 35.5 Å². The number of Topliss-reactive ketones (excluding diaryl/α,β-unsaturated/α-hetero) is 1. The van der Waals surface area contributed by atoms with Crippen molar-refractivity contribution in [2.75, 3.05) is 5.32 Å². The highest BCUT2D eigenvalue weighted by atomic mass is 35.5. The molecule has 33 heavy (non-hydrogen) atoms. The van der Waals surface area contributed by atoms with Crippen molar-refractivity contribution in [1.82, 2.24) is 34.9 Å². The van der Waals surface area contributed by atoms with Gasteiger partial charge in [-0.25, -0.2) is 9.97 Å². The molecular formula is C22H23ClN8O2. The van der Waals surface area contributed by atoms with E-state index in [1.54, 1.807) is 10.7 Å². The van der Waals surface area contributed by atoms with Gasteiger partial charge in [0.05, 0.1) is 0 Å². The number of ketones is 1. The molecule has 10 nitrogen and oxygen atoms in total. The Morgan fingerprint density at radius 1 is 1.18 bits per heavy atom. The number of nitrogens with zero attached hydrogens (tertiary/aromatic N) is 7. The molecule has 1 aromatic carbocycles. The van der Waals surface area contributed by atoms with E-state index in [0.29, 0.717) is 34.9 Å². The maximum Gasteiger partial charge on any atom is 0.294 e. The Balaban J connectivity index is 1.43. The van der Waals surface area contributed by atoms with Crippen LogP contribution in [0.4, 0.5) is 11.8 Å². The van der Waals surface area contributed by atoms with Gasteiger partial charge in [-0.3, -0.25) is 9.48 Å². The fraction of sp³-hybridized carbons (Fsp3) is 0.318. The van der Waals surface area contributed by atoms with E-state index in [9.17, 15) is 4.79 Å². The van der Waals surface area contributed by atoms with E-state index >= 15 is 0 Å². The van der Waals surface area contributed by atoms with Crippen molar-refractivity contribution in [3.63, 3.8) is 0 Å². The van der Waals surface area contributed by atoms with Gasteiger partial charge < -0.3 is 9.84 Å². The van der Waals surface area contributed by atoms with Crippen molar-refractivity contribution in [2.24, 2.45) is 7.05 Å². The topological polar surface area (TPSA) is 125 Å². The van der Waals surface area contributed by atoms with Crippen LogP contribution < -0.4 is 5.32 Å². The summed E-state index contributed by atoms with van der Waals surface area (Å²) in [4.78, 5) is 29.5. The predicted molar refractivity (Wildman–Crippen MR) is 122 cm³/mol. The average Bonchev–Trinajstić information content (AvgIpc) is 3.42. The minimum atomic E-state index is -0.289.